The summed E-state index contributed by atoms with van der Waals surface area (Å²) in [5, 5.41) is 9.65. The van der Waals surface area contributed by atoms with E-state index in [2.05, 4.69) is 11.1 Å². The summed E-state index contributed by atoms with van der Waals surface area (Å²) in [6.45, 7) is 4.22. The lowest BCUT2D eigenvalue weighted by Gasteiger charge is -2.22. The molecule has 1 aliphatic rings. The van der Waals surface area contributed by atoms with Crippen LogP contribution in [0.5, 0.6) is 0 Å². The van der Waals surface area contributed by atoms with E-state index in [9.17, 15) is 4.79 Å². The molecule has 2 unspecified atom stereocenters. The first-order chi connectivity index (χ1) is 9.58. The highest BCUT2D eigenvalue weighted by Crippen LogP contribution is 2.40. The van der Waals surface area contributed by atoms with E-state index in [0.29, 0.717) is 13.0 Å². The Labute approximate surface area is 123 Å². The van der Waals surface area contributed by atoms with Gasteiger partial charge in [-0.25, -0.2) is 4.98 Å². The van der Waals surface area contributed by atoms with E-state index in [4.69, 9.17) is 10.00 Å². The molecule has 1 aliphatic carbocycles. The number of ether oxygens (including phenoxy) is 1. The van der Waals surface area contributed by atoms with Gasteiger partial charge in [0.25, 0.3) is 0 Å². The Morgan fingerprint density at radius 3 is 3.10 bits per heavy atom. The number of nitrogens with zero attached hydrogens (tertiary/aromatic N) is 3. The first-order valence-corrected chi connectivity index (χ1v) is 7.66. The lowest BCUT2D eigenvalue weighted by atomic mass is 10.1. The maximum absolute atomic E-state index is 11.9. The van der Waals surface area contributed by atoms with E-state index in [0.717, 1.165) is 23.7 Å². The first-order valence-electron chi connectivity index (χ1n) is 6.84. The smallest absolute Gasteiger partial charge is 0.315 e. The molecule has 0 spiro atoms. The van der Waals surface area contributed by atoms with Crippen molar-refractivity contribution in [1.29, 1.82) is 5.26 Å². The zero-order chi connectivity index (χ0) is 14.7. The van der Waals surface area contributed by atoms with Crippen molar-refractivity contribution in [2.24, 2.45) is 0 Å². The van der Waals surface area contributed by atoms with E-state index < -0.39 is 0 Å². The van der Waals surface area contributed by atoms with Crippen LogP contribution in [-0.2, 0) is 16.0 Å². The van der Waals surface area contributed by atoms with E-state index in [1.54, 1.807) is 11.3 Å². The number of thiazole rings is 1. The van der Waals surface area contributed by atoms with Crippen LogP contribution in [0.1, 0.15) is 43.2 Å². The normalized spacial score (nSPS) is 18.2. The fourth-order valence-corrected chi connectivity index (χ4v) is 3.50. The van der Waals surface area contributed by atoms with Crippen LogP contribution < -0.4 is 4.90 Å². The van der Waals surface area contributed by atoms with Crippen LogP contribution in [0.25, 0.3) is 0 Å². The van der Waals surface area contributed by atoms with Gasteiger partial charge in [0, 0.05) is 18.0 Å². The Kier molecular flexibility index (Phi) is 4.61. The standard InChI is InChI=1S/C14H19N3O2S/c1-4-19-13(18)10-5-6-11-12(10)16-14(20-11)17(3)9(2)7-8-15/h9-10H,4-7H2,1-3H3. The molecule has 0 amide bonds. The average molecular weight is 293 g/mol. The van der Waals surface area contributed by atoms with Gasteiger partial charge in [0.1, 0.15) is 5.92 Å². The second-order valence-electron chi connectivity index (χ2n) is 4.97. The summed E-state index contributed by atoms with van der Waals surface area (Å²) >= 11 is 1.62. The average Bonchev–Trinajstić information content (AvgIpc) is 2.97. The van der Waals surface area contributed by atoms with Gasteiger partial charge < -0.3 is 9.64 Å². The summed E-state index contributed by atoms with van der Waals surface area (Å²) < 4.78 is 5.11. The molecule has 5 nitrogen and oxygen atoms in total. The van der Waals surface area contributed by atoms with Crippen LogP contribution >= 0.6 is 11.3 Å². The van der Waals surface area contributed by atoms with Gasteiger partial charge in [-0.2, -0.15) is 5.26 Å². The molecule has 0 bridgehead atoms. The molecule has 20 heavy (non-hydrogen) atoms. The van der Waals surface area contributed by atoms with Gasteiger partial charge >= 0.3 is 5.97 Å². The lowest BCUT2D eigenvalue weighted by molar-refractivity contribution is -0.145. The van der Waals surface area contributed by atoms with Gasteiger partial charge in [0.2, 0.25) is 0 Å². The minimum absolute atomic E-state index is 0.118. The van der Waals surface area contributed by atoms with E-state index in [1.165, 1.54) is 4.88 Å². The molecule has 2 atom stereocenters. The van der Waals surface area contributed by atoms with Crippen molar-refractivity contribution >= 4 is 22.4 Å². The first kappa shape index (κ1) is 14.8. The van der Waals surface area contributed by atoms with E-state index in [-0.39, 0.29) is 17.9 Å². The number of aromatic nitrogens is 1. The third-order valence-corrected chi connectivity index (χ3v) is 4.85. The Bertz CT molecular complexity index is 535. The molecule has 6 heteroatoms. The second kappa shape index (κ2) is 6.23. The number of rotatable bonds is 5. The van der Waals surface area contributed by atoms with Crippen LogP contribution in [-0.4, -0.2) is 30.6 Å². The molecule has 108 valence electrons. The Morgan fingerprint density at radius 1 is 1.70 bits per heavy atom. The van der Waals surface area contributed by atoms with Gasteiger partial charge in [-0.15, -0.1) is 11.3 Å². The summed E-state index contributed by atoms with van der Waals surface area (Å²) in [6, 6.07) is 2.29. The zero-order valence-electron chi connectivity index (χ0n) is 12.0. The largest absolute Gasteiger partial charge is 0.465 e. The minimum atomic E-state index is -0.213. The molecule has 0 radical (unpaired) electrons. The van der Waals surface area contributed by atoms with Gasteiger partial charge in [0.05, 0.1) is 24.8 Å². The summed E-state index contributed by atoms with van der Waals surface area (Å²) in [5.41, 5.74) is 0.874. The van der Waals surface area contributed by atoms with Crippen molar-refractivity contribution in [3.63, 3.8) is 0 Å². The molecule has 0 fully saturated rings. The molecule has 2 rings (SSSR count). The van der Waals surface area contributed by atoms with Crippen molar-refractivity contribution in [2.75, 3.05) is 18.6 Å². The molecular weight excluding hydrogens is 274 g/mol. The van der Waals surface area contributed by atoms with Gasteiger partial charge in [-0.3, -0.25) is 4.79 Å². The van der Waals surface area contributed by atoms with E-state index >= 15 is 0 Å². The highest BCUT2D eigenvalue weighted by atomic mass is 32.1. The maximum Gasteiger partial charge on any atom is 0.315 e. The fraction of sp³-hybridized carbons (Fsp3) is 0.643. The van der Waals surface area contributed by atoms with Crippen LogP contribution in [0.2, 0.25) is 0 Å². The molecular formula is C14H19N3O2S. The Balaban J connectivity index is 2.16. The molecule has 1 aromatic heterocycles. The molecule has 1 heterocycles. The monoisotopic (exact) mass is 293 g/mol. The van der Waals surface area contributed by atoms with Crippen molar-refractivity contribution in [3.8, 4) is 6.07 Å². The molecule has 0 aliphatic heterocycles. The number of aryl methyl sites for hydroxylation is 1. The summed E-state index contributed by atoms with van der Waals surface area (Å²) in [5.74, 6) is -0.384. The summed E-state index contributed by atoms with van der Waals surface area (Å²) in [6.07, 6.45) is 2.14. The van der Waals surface area contributed by atoms with Crippen molar-refractivity contribution in [3.05, 3.63) is 10.6 Å². The van der Waals surface area contributed by atoms with Crippen molar-refractivity contribution in [1.82, 2.24) is 4.98 Å². The number of anilines is 1. The third-order valence-electron chi connectivity index (χ3n) is 3.63. The number of esters is 1. The molecule has 0 saturated carbocycles. The number of fused-ring (bicyclic) bond motifs is 1. The third kappa shape index (κ3) is 2.78. The topological polar surface area (TPSA) is 66.2 Å². The fourth-order valence-electron chi connectivity index (χ4n) is 2.29. The van der Waals surface area contributed by atoms with Gasteiger partial charge in [0.15, 0.2) is 5.13 Å². The molecule has 0 aromatic carbocycles. The van der Waals surface area contributed by atoms with Crippen molar-refractivity contribution in [2.45, 2.75) is 45.1 Å². The Morgan fingerprint density at radius 2 is 2.45 bits per heavy atom. The SMILES string of the molecule is CCOC(=O)C1CCc2sc(N(C)C(C)CC#N)nc21. The van der Waals surface area contributed by atoms with Crippen LogP contribution in [0.15, 0.2) is 0 Å². The second-order valence-corrected chi connectivity index (χ2v) is 6.03. The molecule has 0 saturated heterocycles. The summed E-state index contributed by atoms with van der Waals surface area (Å²) in [4.78, 5) is 19.7. The van der Waals surface area contributed by atoms with Crippen LogP contribution in [0.3, 0.4) is 0 Å². The predicted octanol–water partition coefficient (Wildman–Crippen LogP) is 2.47. The van der Waals surface area contributed by atoms with Gasteiger partial charge in [-0.05, 0) is 26.7 Å². The maximum atomic E-state index is 11.9. The highest BCUT2D eigenvalue weighted by molar-refractivity contribution is 7.15. The predicted molar refractivity (Wildman–Crippen MR) is 77.9 cm³/mol. The highest BCUT2D eigenvalue weighted by Gasteiger charge is 2.34. The van der Waals surface area contributed by atoms with Crippen LogP contribution in [0, 0.1) is 11.3 Å². The number of hydrogen-bond donors (Lipinski definition) is 0. The quantitative estimate of drug-likeness (QED) is 0.780. The van der Waals surface area contributed by atoms with Gasteiger partial charge in [-0.1, -0.05) is 0 Å². The van der Waals surface area contributed by atoms with Crippen LogP contribution in [0.4, 0.5) is 5.13 Å². The van der Waals surface area contributed by atoms with Crippen molar-refractivity contribution < 1.29 is 9.53 Å². The zero-order valence-corrected chi connectivity index (χ0v) is 12.9. The Hall–Kier alpha value is -1.61. The number of carbonyl (C=O) groups excluding carboxylic acids is 1. The molecule has 0 N–H and O–H groups in total. The number of carbonyl (C=O) groups is 1. The number of hydrogen-bond acceptors (Lipinski definition) is 6. The summed E-state index contributed by atoms with van der Waals surface area (Å²) in [7, 11) is 1.94. The van der Waals surface area contributed by atoms with E-state index in [1.807, 2.05) is 25.8 Å². The molecule has 1 aromatic rings. The number of nitriles is 1. The minimum Gasteiger partial charge on any atom is -0.465 e. The lowest BCUT2D eigenvalue weighted by Crippen LogP contribution is -2.28.